The van der Waals surface area contributed by atoms with Crippen molar-refractivity contribution < 1.29 is 9.90 Å². The van der Waals surface area contributed by atoms with Crippen LogP contribution >= 0.6 is 11.6 Å². The van der Waals surface area contributed by atoms with Crippen LogP contribution in [0.25, 0.3) is 5.69 Å². The van der Waals surface area contributed by atoms with Gasteiger partial charge in [-0.1, -0.05) is 38.4 Å². The zero-order valence-electron chi connectivity index (χ0n) is 15.3. The number of benzene rings is 1. The molecule has 0 fully saturated rings. The minimum atomic E-state index is -0.0610. The Morgan fingerprint density at radius 2 is 2.08 bits per heavy atom. The van der Waals surface area contributed by atoms with E-state index in [2.05, 4.69) is 25.9 Å². The first-order valence-corrected chi connectivity index (χ1v) is 8.81. The van der Waals surface area contributed by atoms with Gasteiger partial charge >= 0.3 is 0 Å². The maximum Gasteiger partial charge on any atom is 0.257 e. The molecule has 1 N–H and O–H groups in total. The van der Waals surface area contributed by atoms with E-state index in [1.807, 2.05) is 25.1 Å². The number of nitrogens with zero attached hydrogens (tertiary/aromatic N) is 3. The quantitative estimate of drug-likeness (QED) is 0.851. The van der Waals surface area contributed by atoms with Crippen molar-refractivity contribution in [1.29, 1.82) is 0 Å². The molecule has 0 aliphatic rings. The molecule has 1 aromatic heterocycles. The Kier molecular flexibility index (Phi) is 6.25. The molecule has 6 heteroatoms. The number of aromatic nitrogens is 2. The molecule has 0 atom stereocenters. The van der Waals surface area contributed by atoms with Crippen LogP contribution in [-0.4, -0.2) is 45.4 Å². The number of hydrogen-bond donors (Lipinski definition) is 1. The molecule has 0 radical (unpaired) electrons. The third-order valence-electron chi connectivity index (χ3n) is 3.83. The molecule has 25 heavy (non-hydrogen) atoms. The molecule has 5 nitrogen and oxygen atoms in total. The van der Waals surface area contributed by atoms with Crippen molar-refractivity contribution in [3.63, 3.8) is 0 Å². The molecule has 0 saturated heterocycles. The third kappa shape index (κ3) is 5.06. The van der Waals surface area contributed by atoms with Gasteiger partial charge in [-0.3, -0.25) is 4.79 Å². The van der Waals surface area contributed by atoms with Gasteiger partial charge in [0.05, 0.1) is 23.1 Å². The lowest BCUT2D eigenvalue weighted by Gasteiger charge is -2.30. The SMILES string of the molecule is Cc1c(C(=O)N(CCCO)CC(C)(C)C)cnn1-c1cccc(Cl)c1. The van der Waals surface area contributed by atoms with Crippen molar-refractivity contribution in [2.24, 2.45) is 5.41 Å². The third-order valence-corrected chi connectivity index (χ3v) is 4.07. The van der Waals surface area contributed by atoms with Crippen LogP contribution in [-0.2, 0) is 0 Å². The summed E-state index contributed by atoms with van der Waals surface area (Å²) in [6.45, 7) is 9.36. The van der Waals surface area contributed by atoms with Crippen LogP contribution in [0.2, 0.25) is 5.02 Å². The van der Waals surface area contributed by atoms with Gasteiger partial charge in [-0.2, -0.15) is 5.10 Å². The van der Waals surface area contributed by atoms with Crippen molar-refractivity contribution >= 4 is 17.5 Å². The highest BCUT2D eigenvalue weighted by Gasteiger charge is 2.25. The van der Waals surface area contributed by atoms with E-state index in [0.717, 1.165) is 11.4 Å². The number of rotatable bonds is 6. The average Bonchev–Trinajstić information content (AvgIpc) is 2.91. The van der Waals surface area contributed by atoms with Crippen molar-refractivity contribution in [1.82, 2.24) is 14.7 Å². The summed E-state index contributed by atoms with van der Waals surface area (Å²) in [6, 6.07) is 7.37. The molecule has 0 saturated carbocycles. The Hall–Kier alpha value is -1.85. The molecule has 0 aliphatic carbocycles. The summed E-state index contributed by atoms with van der Waals surface area (Å²) in [4.78, 5) is 14.8. The summed E-state index contributed by atoms with van der Waals surface area (Å²) >= 11 is 6.06. The van der Waals surface area contributed by atoms with Gasteiger partial charge in [0, 0.05) is 24.7 Å². The number of halogens is 1. The Bertz CT molecular complexity index is 735. The summed E-state index contributed by atoms with van der Waals surface area (Å²) in [5, 5.41) is 14.1. The summed E-state index contributed by atoms with van der Waals surface area (Å²) in [7, 11) is 0. The highest BCUT2D eigenvalue weighted by atomic mass is 35.5. The highest BCUT2D eigenvalue weighted by molar-refractivity contribution is 6.30. The zero-order valence-corrected chi connectivity index (χ0v) is 16.0. The second-order valence-corrected chi connectivity index (χ2v) is 7.84. The summed E-state index contributed by atoms with van der Waals surface area (Å²) in [5.41, 5.74) is 2.14. The van der Waals surface area contributed by atoms with E-state index in [9.17, 15) is 4.79 Å². The van der Waals surface area contributed by atoms with Gasteiger partial charge in [0.2, 0.25) is 0 Å². The first kappa shape index (κ1) is 19.5. The highest BCUT2D eigenvalue weighted by Crippen LogP contribution is 2.21. The lowest BCUT2D eigenvalue weighted by molar-refractivity contribution is 0.0681. The molecule has 136 valence electrons. The number of aliphatic hydroxyl groups is 1. The van der Waals surface area contributed by atoms with Crippen LogP contribution in [0.3, 0.4) is 0 Å². The molecule has 1 amide bonds. The maximum absolute atomic E-state index is 13.0. The van der Waals surface area contributed by atoms with E-state index >= 15 is 0 Å². The first-order chi connectivity index (χ1) is 11.7. The van der Waals surface area contributed by atoms with E-state index in [1.165, 1.54) is 0 Å². The van der Waals surface area contributed by atoms with E-state index < -0.39 is 0 Å². The van der Waals surface area contributed by atoms with Crippen LogP contribution in [0.4, 0.5) is 0 Å². The van der Waals surface area contributed by atoms with Crippen molar-refractivity contribution in [2.75, 3.05) is 19.7 Å². The van der Waals surface area contributed by atoms with Crippen molar-refractivity contribution in [3.8, 4) is 5.69 Å². The number of aliphatic hydroxyl groups excluding tert-OH is 1. The second-order valence-electron chi connectivity index (χ2n) is 7.40. The number of hydrogen-bond acceptors (Lipinski definition) is 3. The van der Waals surface area contributed by atoms with Gasteiger partial charge in [-0.05, 0) is 37.0 Å². The fraction of sp³-hybridized carbons (Fsp3) is 0.474. The lowest BCUT2D eigenvalue weighted by Crippen LogP contribution is -2.39. The topological polar surface area (TPSA) is 58.4 Å². The van der Waals surface area contributed by atoms with Gasteiger partial charge in [0.15, 0.2) is 0 Å². The lowest BCUT2D eigenvalue weighted by atomic mass is 9.95. The number of amides is 1. The predicted octanol–water partition coefficient (Wildman–Crippen LogP) is 3.70. The molecule has 1 aromatic carbocycles. The molecule has 2 rings (SSSR count). The molecule has 0 bridgehead atoms. The average molecular weight is 364 g/mol. The van der Waals surface area contributed by atoms with Gasteiger partial charge < -0.3 is 10.0 Å². The number of carbonyl (C=O) groups is 1. The van der Waals surface area contributed by atoms with Crippen LogP contribution in [0, 0.1) is 12.3 Å². The molecule has 2 aromatic rings. The standard InChI is InChI=1S/C19H26ClN3O2/c1-14-17(12-21-23(14)16-8-5-7-15(20)11-16)18(25)22(9-6-10-24)13-19(2,3)4/h5,7-8,11-12,24H,6,9-10,13H2,1-4H3. The minimum absolute atomic E-state index is 0.0258. The molecule has 0 spiro atoms. The van der Waals surface area contributed by atoms with Gasteiger partial charge in [0.1, 0.15) is 0 Å². The summed E-state index contributed by atoms with van der Waals surface area (Å²) in [5.74, 6) is -0.0610. The van der Waals surface area contributed by atoms with Crippen molar-refractivity contribution in [2.45, 2.75) is 34.1 Å². The van der Waals surface area contributed by atoms with Gasteiger partial charge in [0.25, 0.3) is 5.91 Å². The van der Waals surface area contributed by atoms with Gasteiger partial charge in [-0.25, -0.2) is 4.68 Å². The number of carbonyl (C=O) groups excluding carboxylic acids is 1. The molecular formula is C19H26ClN3O2. The molecule has 1 heterocycles. The zero-order chi connectivity index (χ0) is 18.6. The van der Waals surface area contributed by atoms with Crippen molar-refractivity contribution in [3.05, 3.63) is 46.7 Å². The van der Waals surface area contributed by atoms with Crippen LogP contribution in [0.15, 0.2) is 30.5 Å². The summed E-state index contributed by atoms with van der Waals surface area (Å²) in [6.07, 6.45) is 2.16. The molecule has 0 aliphatic heterocycles. The van der Waals surface area contributed by atoms with Gasteiger partial charge in [-0.15, -0.1) is 0 Å². The van der Waals surface area contributed by atoms with E-state index in [-0.39, 0.29) is 17.9 Å². The Morgan fingerprint density at radius 3 is 2.68 bits per heavy atom. The molecule has 0 unspecified atom stereocenters. The minimum Gasteiger partial charge on any atom is -0.396 e. The van der Waals surface area contributed by atoms with Crippen LogP contribution in [0.5, 0.6) is 0 Å². The predicted molar refractivity (Wildman–Crippen MR) is 100 cm³/mol. The maximum atomic E-state index is 13.0. The van der Waals surface area contributed by atoms with E-state index in [0.29, 0.717) is 30.1 Å². The fourth-order valence-electron chi connectivity index (χ4n) is 2.74. The van der Waals surface area contributed by atoms with Crippen LogP contribution < -0.4 is 0 Å². The van der Waals surface area contributed by atoms with E-state index in [4.69, 9.17) is 16.7 Å². The smallest absolute Gasteiger partial charge is 0.257 e. The second kappa shape index (κ2) is 8.02. The monoisotopic (exact) mass is 363 g/mol. The Balaban J connectivity index is 2.31. The van der Waals surface area contributed by atoms with Crippen LogP contribution in [0.1, 0.15) is 43.2 Å². The fourth-order valence-corrected chi connectivity index (χ4v) is 2.93. The Labute approximate surface area is 154 Å². The first-order valence-electron chi connectivity index (χ1n) is 8.43. The molecular weight excluding hydrogens is 338 g/mol. The normalized spacial score (nSPS) is 11.6. The summed E-state index contributed by atoms with van der Waals surface area (Å²) < 4.78 is 1.72. The Morgan fingerprint density at radius 1 is 1.36 bits per heavy atom. The van der Waals surface area contributed by atoms with E-state index in [1.54, 1.807) is 21.8 Å². The largest absolute Gasteiger partial charge is 0.396 e.